The molecule has 0 radical (unpaired) electrons. The van der Waals surface area contributed by atoms with Crippen LogP contribution in [0.5, 0.6) is 0 Å². The molecule has 0 saturated carbocycles. The number of amides is 3. The number of H-pyrrole nitrogens is 1. The number of piperidine rings is 1. The van der Waals surface area contributed by atoms with Crippen LogP contribution in [0.15, 0.2) is 72.9 Å². The molecule has 9 heteroatoms. The van der Waals surface area contributed by atoms with Gasteiger partial charge in [0.25, 0.3) is 0 Å². The smallest absolute Gasteiger partial charge is 0.318 e. The second kappa shape index (κ2) is 13.5. The van der Waals surface area contributed by atoms with Crippen molar-refractivity contribution in [1.82, 2.24) is 20.1 Å². The van der Waals surface area contributed by atoms with E-state index in [1.54, 1.807) is 0 Å². The number of para-hydroxylation sites is 1. The fourth-order valence-electron chi connectivity index (χ4n) is 7.15. The Morgan fingerprint density at radius 1 is 1.00 bits per heavy atom. The van der Waals surface area contributed by atoms with Crippen molar-refractivity contribution in [3.8, 4) is 0 Å². The Bertz CT molecular complexity index is 1660. The minimum Gasteiger partial charge on any atom is -0.361 e. The highest BCUT2D eigenvalue weighted by molar-refractivity contribution is 6.31. The summed E-state index contributed by atoms with van der Waals surface area (Å²) in [4.78, 5) is 37.9. The van der Waals surface area contributed by atoms with Crippen molar-refractivity contribution < 1.29 is 9.59 Å². The van der Waals surface area contributed by atoms with Crippen LogP contribution in [0, 0.1) is 5.92 Å². The van der Waals surface area contributed by atoms with Crippen LogP contribution in [0.1, 0.15) is 48.3 Å². The second-order valence-electron chi connectivity index (χ2n) is 12.9. The third kappa shape index (κ3) is 6.86. The van der Waals surface area contributed by atoms with Crippen LogP contribution in [-0.4, -0.2) is 73.0 Å². The van der Waals surface area contributed by atoms with Crippen LogP contribution < -0.4 is 10.2 Å². The predicted octanol–water partition coefficient (Wildman–Crippen LogP) is 7.30. The molecule has 1 fully saturated rings. The summed E-state index contributed by atoms with van der Waals surface area (Å²) in [5.74, 6) is 0.221. The Morgan fingerprint density at radius 2 is 1.71 bits per heavy atom. The Kier molecular flexibility index (Phi) is 9.41. The molecule has 2 aliphatic rings. The molecule has 6 rings (SSSR count). The maximum Gasteiger partial charge on any atom is 0.318 e. The van der Waals surface area contributed by atoms with Gasteiger partial charge in [-0.25, -0.2) is 4.79 Å². The SMILES string of the molecule is CC(c1c[nH]c2ccccc12)C(NC(=O)N1CCC(c2ccc(Cl)cc2)CC1)C(=O)N1C[C@@H](CN(C)C)Cc2cc(Cl)ccc21. The number of hydrogen-bond acceptors (Lipinski definition) is 3. The number of benzene rings is 3. The first-order valence-corrected chi connectivity index (χ1v) is 16.5. The van der Waals surface area contributed by atoms with Gasteiger partial charge in [-0.2, -0.15) is 0 Å². The fourth-order valence-corrected chi connectivity index (χ4v) is 7.47. The van der Waals surface area contributed by atoms with E-state index in [0.29, 0.717) is 30.6 Å². The minimum atomic E-state index is -0.771. The van der Waals surface area contributed by atoms with E-state index in [9.17, 15) is 9.59 Å². The van der Waals surface area contributed by atoms with Crippen LogP contribution >= 0.6 is 23.2 Å². The molecule has 0 spiro atoms. The molecule has 7 nitrogen and oxygen atoms in total. The molecule has 2 N–H and O–H groups in total. The van der Waals surface area contributed by atoms with Crippen molar-refractivity contribution in [2.24, 2.45) is 5.92 Å². The summed E-state index contributed by atoms with van der Waals surface area (Å²) in [5.41, 5.74) is 5.18. The molecule has 4 aromatic rings. The van der Waals surface area contributed by atoms with Crippen LogP contribution in [-0.2, 0) is 11.2 Å². The van der Waals surface area contributed by atoms with Gasteiger partial charge < -0.3 is 25.0 Å². The molecular formula is C36H41Cl2N5O2. The van der Waals surface area contributed by atoms with Gasteiger partial charge in [0.1, 0.15) is 6.04 Å². The van der Waals surface area contributed by atoms with Crippen molar-refractivity contribution in [2.45, 2.75) is 44.1 Å². The van der Waals surface area contributed by atoms with Gasteiger partial charge in [0.05, 0.1) is 0 Å². The first-order valence-electron chi connectivity index (χ1n) is 15.8. The molecule has 236 valence electrons. The molecule has 3 aromatic carbocycles. The molecule has 1 aromatic heterocycles. The van der Waals surface area contributed by atoms with Gasteiger partial charge in [-0.05, 0) is 98.3 Å². The number of hydrogen-bond donors (Lipinski definition) is 2. The number of fused-ring (bicyclic) bond motifs is 2. The average molecular weight is 647 g/mol. The minimum absolute atomic E-state index is 0.107. The highest BCUT2D eigenvalue weighted by Gasteiger charge is 2.38. The van der Waals surface area contributed by atoms with Crippen LogP contribution in [0.3, 0.4) is 0 Å². The summed E-state index contributed by atoms with van der Waals surface area (Å²) in [7, 11) is 4.11. The maximum absolute atomic E-state index is 14.8. The molecule has 1 saturated heterocycles. The van der Waals surface area contributed by atoms with Crippen LogP contribution in [0.4, 0.5) is 10.5 Å². The first-order chi connectivity index (χ1) is 21.7. The molecular weight excluding hydrogens is 605 g/mol. The zero-order valence-electron chi connectivity index (χ0n) is 26.1. The van der Waals surface area contributed by atoms with Crippen molar-refractivity contribution >= 4 is 51.7 Å². The molecule has 3 atom stereocenters. The average Bonchev–Trinajstić information content (AvgIpc) is 3.47. The Morgan fingerprint density at radius 3 is 2.44 bits per heavy atom. The number of halogens is 2. The number of rotatable bonds is 7. The van der Waals surface area contributed by atoms with Gasteiger partial charge in [0.2, 0.25) is 5.91 Å². The summed E-state index contributed by atoms with van der Waals surface area (Å²) in [5, 5.41) is 5.66. The highest BCUT2D eigenvalue weighted by Crippen LogP contribution is 2.36. The summed E-state index contributed by atoms with van der Waals surface area (Å²) in [6, 6.07) is 20.9. The summed E-state index contributed by atoms with van der Waals surface area (Å²) >= 11 is 12.5. The lowest BCUT2D eigenvalue weighted by molar-refractivity contribution is -0.121. The standard InChI is InChI=1S/C36H41Cl2N5O2/c1-23(31-20-39-32-7-5-4-6-30(31)32)34(40-36(45)42-16-14-26(15-17-42)25-8-10-28(37)11-9-25)35(44)43-22-24(21-41(2)3)18-27-19-29(38)12-13-33(27)43/h4-13,19-20,23-24,26,34,39H,14-18,21-22H2,1-3H3,(H,40,45)/t23?,24-,34?/m1/s1. The molecule has 3 heterocycles. The zero-order chi connectivity index (χ0) is 31.7. The molecule has 2 unspecified atom stereocenters. The lowest BCUT2D eigenvalue weighted by Crippen LogP contribution is -2.57. The van der Waals surface area contributed by atoms with E-state index in [2.05, 4.69) is 47.5 Å². The van der Waals surface area contributed by atoms with Gasteiger partial charge in [-0.1, -0.05) is 60.5 Å². The number of nitrogens with one attached hydrogen (secondary N) is 2. The van der Waals surface area contributed by atoms with E-state index in [1.807, 2.05) is 71.5 Å². The van der Waals surface area contributed by atoms with E-state index in [4.69, 9.17) is 23.2 Å². The van der Waals surface area contributed by atoms with E-state index in [0.717, 1.165) is 58.5 Å². The van der Waals surface area contributed by atoms with Crippen molar-refractivity contribution in [3.05, 3.63) is 99.7 Å². The number of urea groups is 1. The number of anilines is 1. The molecule has 45 heavy (non-hydrogen) atoms. The van der Waals surface area contributed by atoms with Gasteiger partial charge in [-0.3, -0.25) is 4.79 Å². The molecule has 0 bridgehead atoms. The van der Waals surface area contributed by atoms with Crippen molar-refractivity contribution in [2.75, 3.05) is 45.2 Å². The monoisotopic (exact) mass is 645 g/mol. The highest BCUT2D eigenvalue weighted by atomic mass is 35.5. The van der Waals surface area contributed by atoms with Gasteiger partial charge in [0.15, 0.2) is 0 Å². The fraction of sp³-hybridized carbons (Fsp3) is 0.389. The maximum atomic E-state index is 14.8. The van der Waals surface area contributed by atoms with Gasteiger partial charge >= 0.3 is 6.03 Å². The molecule has 2 aliphatic heterocycles. The Balaban J connectivity index is 1.28. The molecule has 3 amide bonds. The number of carbonyl (C=O) groups excluding carboxylic acids is 2. The van der Waals surface area contributed by atoms with Crippen LogP contribution in [0.2, 0.25) is 10.0 Å². The number of nitrogens with zero attached hydrogens (tertiary/aromatic N) is 3. The first kappa shape index (κ1) is 31.5. The number of aromatic amines is 1. The van der Waals surface area contributed by atoms with Crippen molar-refractivity contribution in [3.63, 3.8) is 0 Å². The number of aromatic nitrogens is 1. The largest absolute Gasteiger partial charge is 0.361 e. The van der Waals surface area contributed by atoms with Gasteiger partial charge in [-0.15, -0.1) is 0 Å². The Labute approximate surface area is 275 Å². The lowest BCUT2D eigenvalue weighted by atomic mass is 9.88. The third-order valence-corrected chi connectivity index (χ3v) is 9.94. The topological polar surface area (TPSA) is 71.7 Å². The summed E-state index contributed by atoms with van der Waals surface area (Å²) in [6.45, 7) is 4.70. The summed E-state index contributed by atoms with van der Waals surface area (Å²) in [6.07, 6.45) is 4.53. The second-order valence-corrected chi connectivity index (χ2v) is 13.7. The van der Waals surface area contributed by atoms with E-state index >= 15 is 0 Å². The number of carbonyl (C=O) groups is 2. The van der Waals surface area contributed by atoms with Crippen molar-refractivity contribution in [1.29, 1.82) is 0 Å². The van der Waals surface area contributed by atoms with E-state index in [-0.39, 0.29) is 23.8 Å². The molecule has 0 aliphatic carbocycles. The normalized spacial score (nSPS) is 18.6. The zero-order valence-corrected chi connectivity index (χ0v) is 27.6. The van der Waals surface area contributed by atoms with E-state index in [1.165, 1.54) is 5.56 Å². The van der Waals surface area contributed by atoms with Crippen LogP contribution in [0.25, 0.3) is 10.9 Å². The summed E-state index contributed by atoms with van der Waals surface area (Å²) < 4.78 is 0. The Hall–Kier alpha value is -3.52. The quantitative estimate of drug-likeness (QED) is 0.221. The van der Waals surface area contributed by atoms with Gasteiger partial charge in [0, 0.05) is 64.9 Å². The number of likely N-dealkylation sites (tertiary alicyclic amines) is 1. The van der Waals surface area contributed by atoms with E-state index < -0.39 is 6.04 Å². The predicted molar refractivity (Wildman–Crippen MR) is 184 cm³/mol. The third-order valence-electron chi connectivity index (χ3n) is 9.45. The lowest BCUT2D eigenvalue weighted by Gasteiger charge is -2.39.